The second-order valence-electron chi connectivity index (χ2n) is 4.35. The number of nitrogens with one attached hydrogen (secondary N) is 1. The van der Waals surface area contributed by atoms with Crippen molar-refractivity contribution in [2.75, 3.05) is 4.72 Å². The average molecular weight is 298 g/mol. The predicted octanol–water partition coefficient (Wildman–Crippen LogP) is 1.90. The van der Waals surface area contributed by atoms with Gasteiger partial charge in [-0.1, -0.05) is 11.3 Å². The van der Waals surface area contributed by atoms with Crippen LogP contribution in [-0.4, -0.2) is 29.7 Å². The van der Waals surface area contributed by atoms with Gasteiger partial charge in [-0.3, -0.25) is 4.72 Å². The monoisotopic (exact) mass is 298 g/mol. The molecule has 0 radical (unpaired) electrons. The molecule has 0 bridgehead atoms. The van der Waals surface area contributed by atoms with Gasteiger partial charge in [-0.2, -0.15) is 0 Å². The van der Waals surface area contributed by atoms with Crippen LogP contribution in [0.1, 0.15) is 23.2 Å². The van der Waals surface area contributed by atoms with Crippen LogP contribution < -0.4 is 4.72 Å². The topological polar surface area (TPSA) is 96.4 Å². The van der Waals surface area contributed by atoms with Gasteiger partial charge in [0.2, 0.25) is 10.0 Å². The average Bonchev–Trinajstić information content (AvgIpc) is 3.10. The number of carboxylic acid groups (broad SMARTS) is 1. The maximum absolute atomic E-state index is 11.8. The summed E-state index contributed by atoms with van der Waals surface area (Å²) >= 11 is 1.14. The first-order valence-electron chi connectivity index (χ1n) is 5.61. The molecular weight excluding hydrogens is 288 g/mol. The molecule has 100 valence electrons. The summed E-state index contributed by atoms with van der Waals surface area (Å²) in [5, 5.41) is 8.86. The molecule has 0 saturated heterocycles. The second-order valence-corrected chi connectivity index (χ2v) is 7.34. The molecule has 19 heavy (non-hydrogen) atoms. The zero-order valence-electron chi connectivity index (χ0n) is 9.66. The first-order chi connectivity index (χ1) is 8.95. The number of aromatic nitrogens is 1. The van der Waals surface area contributed by atoms with Crippen LogP contribution in [0, 0.1) is 0 Å². The molecule has 1 aromatic carbocycles. The Kier molecular flexibility index (Phi) is 2.72. The quantitative estimate of drug-likeness (QED) is 0.898. The van der Waals surface area contributed by atoms with E-state index in [1.165, 1.54) is 12.1 Å². The number of thiazole rings is 1. The highest BCUT2D eigenvalue weighted by Crippen LogP contribution is 2.32. The van der Waals surface area contributed by atoms with E-state index in [1.54, 1.807) is 6.07 Å². The van der Waals surface area contributed by atoms with Gasteiger partial charge in [-0.15, -0.1) is 0 Å². The van der Waals surface area contributed by atoms with E-state index in [0.717, 1.165) is 11.3 Å². The van der Waals surface area contributed by atoms with Crippen molar-refractivity contribution in [1.29, 1.82) is 0 Å². The number of hydrogen-bond donors (Lipinski definition) is 2. The van der Waals surface area contributed by atoms with Gasteiger partial charge in [0.05, 0.1) is 21.0 Å². The molecule has 2 aromatic rings. The predicted molar refractivity (Wildman–Crippen MR) is 72.1 cm³/mol. The molecule has 1 aliphatic carbocycles. The third-order valence-corrected chi connectivity index (χ3v) is 5.72. The molecule has 0 atom stereocenters. The Hall–Kier alpha value is -1.67. The van der Waals surface area contributed by atoms with E-state index in [-0.39, 0.29) is 15.9 Å². The van der Waals surface area contributed by atoms with Gasteiger partial charge in [0.25, 0.3) is 0 Å². The minimum Gasteiger partial charge on any atom is -0.478 e. The number of hydrogen-bond acceptors (Lipinski definition) is 5. The van der Waals surface area contributed by atoms with Gasteiger partial charge < -0.3 is 5.11 Å². The molecule has 6 nitrogen and oxygen atoms in total. The van der Waals surface area contributed by atoms with Crippen molar-refractivity contribution in [3.05, 3.63) is 23.8 Å². The lowest BCUT2D eigenvalue weighted by molar-refractivity contribution is 0.0697. The Morgan fingerprint density at radius 2 is 2.16 bits per heavy atom. The number of rotatable bonds is 4. The Morgan fingerprint density at radius 3 is 2.79 bits per heavy atom. The molecule has 8 heteroatoms. The van der Waals surface area contributed by atoms with Crippen molar-refractivity contribution in [2.24, 2.45) is 0 Å². The van der Waals surface area contributed by atoms with Crippen LogP contribution in [0.25, 0.3) is 10.2 Å². The summed E-state index contributed by atoms with van der Waals surface area (Å²) in [6.07, 6.45) is 1.37. The summed E-state index contributed by atoms with van der Waals surface area (Å²) in [6.45, 7) is 0. The number of nitrogens with zero attached hydrogens (tertiary/aromatic N) is 1. The Labute approximate surface area is 113 Å². The lowest BCUT2D eigenvalue weighted by atomic mass is 10.2. The number of carboxylic acids is 1. The fraction of sp³-hybridized carbons (Fsp3) is 0.273. The summed E-state index contributed by atoms with van der Waals surface area (Å²) in [7, 11) is -3.33. The molecule has 0 amide bonds. The zero-order valence-corrected chi connectivity index (χ0v) is 11.3. The van der Waals surface area contributed by atoms with E-state index in [0.29, 0.717) is 23.1 Å². The first kappa shape index (κ1) is 12.4. The SMILES string of the molecule is O=C(O)c1ccc2nc(NS(=O)(=O)C3CC3)sc2c1. The molecule has 3 rings (SSSR count). The molecule has 2 N–H and O–H groups in total. The maximum atomic E-state index is 11.8. The van der Waals surface area contributed by atoms with Crippen molar-refractivity contribution in [2.45, 2.75) is 18.1 Å². The standard InChI is InChI=1S/C11H10N2O4S2/c14-10(15)6-1-4-8-9(5-6)18-11(12-8)13-19(16,17)7-2-3-7/h1,4-5,7H,2-3H2,(H,12,13)(H,14,15). The van der Waals surface area contributed by atoms with Crippen molar-refractivity contribution >= 4 is 42.7 Å². The van der Waals surface area contributed by atoms with Crippen LogP contribution in [0.5, 0.6) is 0 Å². The van der Waals surface area contributed by atoms with E-state index in [1.807, 2.05) is 0 Å². The van der Waals surface area contributed by atoms with Crippen molar-refractivity contribution < 1.29 is 18.3 Å². The Balaban J connectivity index is 1.95. The number of benzene rings is 1. The lowest BCUT2D eigenvalue weighted by Gasteiger charge is -2.01. The van der Waals surface area contributed by atoms with Crippen LogP contribution in [0.3, 0.4) is 0 Å². The zero-order chi connectivity index (χ0) is 13.6. The lowest BCUT2D eigenvalue weighted by Crippen LogP contribution is -2.16. The van der Waals surface area contributed by atoms with Crippen LogP contribution in [-0.2, 0) is 10.0 Å². The maximum Gasteiger partial charge on any atom is 0.335 e. The normalized spacial score (nSPS) is 15.6. The second kappa shape index (κ2) is 4.17. The van der Waals surface area contributed by atoms with Crippen LogP contribution in [0.2, 0.25) is 0 Å². The molecule has 0 aliphatic heterocycles. The van der Waals surface area contributed by atoms with E-state index < -0.39 is 16.0 Å². The van der Waals surface area contributed by atoms with Gasteiger partial charge in [-0.05, 0) is 31.0 Å². The number of sulfonamides is 1. The highest BCUT2D eigenvalue weighted by atomic mass is 32.2. The molecule has 0 spiro atoms. The number of fused-ring (bicyclic) bond motifs is 1. The minimum atomic E-state index is -3.33. The molecule has 1 aromatic heterocycles. The Morgan fingerprint density at radius 1 is 1.42 bits per heavy atom. The van der Waals surface area contributed by atoms with Crippen molar-refractivity contribution in [3.8, 4) is 0 Å². The summed E-state index contributed by atoms with van der Waals surface area (Å²) in [6, 6.07) is 4.51. The number of anilines is 1. The van der Waals surface area contributed by atoms with Gasteiger partial charge in [-0.25, -0.2) is 18.2 Å². The van der Waals surface area contributed by atoms with Crippen LogP contribution in [0.4, 0.5) is 5.13 Å². The fourth-order valence-corrected chi connectivity index (χ4v) is 4.17. The van der Waals surface area contributed by atoms with E-state index in [9.17, 15) is 13.2 Å². The smallest absolute Gasteiger partial charge is 0.335 e. The van der Waals surface area contributed by atoms with Gasteiger partial charge in [0.15, 0.2) is 5.13 Å². The van der Waals surface area contributed by atoms with Gasteiger partial charge in [0, 0.05) is 0 Å². The highest BCUT2D eigenvalue weighted by molar-refractivity contribution is 7.93. The highest BCUT2D eigenvalue weighted by Gasteiger charge is 2.36. The molecule has 1 aliphatic rings. The summed E-state index contributed by atoms with van der Waals surface area (Å²) in [5.41, 5.74) is 0.747. The molecule has 1 fully saturated rings. The largest absolute Gasteiger partial charge is 0.478 e. The molecule has 1 heterocycles. The van der Waals surface area contributed by atoms with E-state index in [4.69, 9.17) is 5.11 Å². The van der Waals surface area contributed by atoms with Gasteiger partial charge in [0.1, 0.15) is 0 Å². The van der Waals surface area contributed by atoms with Crippen LogP contribution >= 0.6 is 11.3 Å². The first-order valence-corrected chi connectivity index (χ1v) is 7.97. The van der Waals surface area contributed by atoms with E-state index >= 15 is 0 Å². The molecular formula is C11H10N2O4S2. The Bertz CT molecular complexity index is 762. The number of aromatic carboxylic acids is 1. The molecule has 0 unspecified atom stereocenters. The van der Waals surface area contributed by atoms with Gasteiger partial charge >= 0.3 is 5.97 Å². The molecule has 1 saturated carbocycles. The summed E-state index contributed by atoms with van der Waals surface area (Å²) in [4.78, 5) is 15.0. The number of carbonyl (C=O) groups is 1. The van der Waals surface area contributed by atoms with E-state index in [2.05, 4.69) is 9.71 Å². The third-order valence-electron chi connectivity index (χ3n) is 2.83. The van der Waals surface area contributed by atoms with Crippen LogP contribution in [0.15, 0.2) is 18.2 Å². The summed E-state index contributed by atoms with van der Waals surface area (Å²) < 4.78 is 26.6. The van der Waals surface area contributed by atoms with Crippen molar-refractivity contribution in [1.82, 2.24) is 4.98 Å². The summed E-state index contributed by atoms with van der Waals surface area (Å²) in [5.74, 6) is -1.02. The third kappa shape index (κ3) is 2.41. The fourth-order valence-electron chi connectivity index (χ4n) is 1.68. The minimum absolute atomic E-state index is 0.160. The van der Waals surface area contributed by atoms with Crippen molar-refractivity contribution in [3.63, 3.8) is 0 Å².